The summed E-state index contributed by atoms with van der Waals surface area (Å²) in [6.07, 6.45) is 2.31. The molecule has 0 aliphatic rings. The third-order valence-corrected chi connectivity index (χ3v) is 4.45. The number of esters is 1. The molecule has 0 unspecified atom stereocenters. The predicted molar refractivity (Wildman–Crippen MR) is 110 cm³/mol. The summed E-state index contributed by atoms with van der Waals surface area (Å²) in [5, 5.41) is 2.75. The van der Waals surface area contributed by atoms with E-state index in [0.717, 1.165) is 29.7 Å². The molecule has 0 fully saturated rings. The number of hydrogen-bond donors (Lipinski definition) is 1. The lowest BCUT2D eigenvalue weighted by molar-refractivity contribution is -0.142. The molecule has 2 rings (SSSR count). The fourth-order valence-corrected chi connectivity index (χ4v) is 2.86. The van der Waals surface area contributed by atoms with Gasteiger partial charge in [-0.25, -0.2) is 0 Å². The molecule has 0 radical (unpaired) electrons. The lowest BCUT2D eigenvalue weighted by Gasteiger charge is -2.08. The molecule has 2 aromatic rings. The standard InChI is InChI=1S/C23H27NO5/c1-17(25)24-15-5-6-18-9-11-19(12-10-18)21(26)16-29-23(27)14-13-20-7-3-4-8-22(20)28-2/h3-4,7-12H,5-6,13-16H2,1-2H3,(H,24,25). The normalized spacial score (nSPS) is 10.3. The van der Waals surface area contributed by atoms with Gasteiger partial charge in [0.15, 0.2) is 12.4 Å². The molecular formula is C23H27NO5. The van der Waals surface area contributed by atoms with Crippen LogP contribution < -0.4 is 10.1 Å². The number of ketones is 1. The Morgan fingerprint density at radius 2 is 1.69 bits per heavy atom. The molecule has 29 heavy (non-hydrogen) atoms. The number of rotatable bonds is 11. The summed E-state index contributed by atoms with van der Waals surface area (Å²) >= 11 is 0. The van der Waals surface area contributed by atoms with Crippen molar-refractivity contribution in [3.8, 4) is 5.75 Å². The van der Waals surface area contributed by atoms with Crippen LogP contribution in [0.2, 0.25) is 0 Å². The molecule has 1 N–H and O–H groups in total. The van der Waals surface area contributed by atoms with E-state index in [1.54, 1.807) is 19.2 Å². The highest BCUT2D eigenvalue weighted by molar-refractivity contribution is 5.97. The average Bonchev–Trinajstić information content (AvgIpc) is 2.74. The number of ether oxygens (including phenoxy) is 2. The van der Waals surface area contributed by atoms with Crippen molar-refractivity contribution in [1.82, 2.24) is 5.32 Å². The predicted octanol–water partition coefficient (Wildman–Crippen LogP) is 3.12. The molecule has 0 heterocycles. The molecular weight excluding hydrogens is 370 g/mol. The van der Waals surface area contributed by atoms with Crippen LogP contribution in [0.15, 0.2) is 48.5 Å². The number of nitrogens with one attached hydrogen (secondary N) is 1. The number of benzene rings is 2. The maximum absolute atomic E-state index is 12.2. The van der Waals surface area contributed by atoms with E-state index in [-0.39, 0.29) is 24.7 Å². The molecule has 2 aromatic carbocycles. The summed E-state index contributed by atoms with van der Waals surface area (Å²) in [4.78, 5) is 35.0. The third-order valence-electron chi connectivity index (χ3n) is 4.45. The quantitative estimate of drug-likeness (QED) is 0.358. The topological polar surface area (TPSA) is 81.7 Å². The van der Waals surface area contributed by atoms with Gasteiger partial charge in [-0.3, -0.25) is 14.4 Å². The van der Waals surface area contributed by atoms with E-state index < -0.39 is 5.97 Å². The summed E-state index contributed by atoms with van der Waals surface area (Å²) in [6, 6.07) is 14.7. The van der Waals surface area contributed by atoms with Crippen LogP contribution in [0.3, 0.4) is 0 Å². The van der Waals surface area contributed by atoms with Gasteiger partial charge in [0.1, 0.15) is 5.75 Å². The Morgan fingerprint density at radius 3 is 2.38 bits per heavy atom. The molecule has 0 aromatic heterocycles. The molecule has 0 saturated heterocycles. The highest BCUT2D eigenvalue weighted by Gasteiger charge is 2.11. The van der Waals surface area contributed by atoms with Crippen molar-refractivity contribution < 1.29 is 23.9 Å². The Balaban J connectivity index is 1.74. The van der Waals surface area contributed by atoms with Crippen molar-refractivity contribution in [1.29, 1.82) is 0 Å². The highest BCUT2D eigenvalue weighted by Crippen LogP contribution is 2.19. The lowest BCUT2D eigenvalue weighted by atomic mass is 10.1. The first-order valence-electron chi connectivity index (χ1n) is 9.63. The first-order chi connectivity index (χ1) is 14.0. The Labute approximate surface area is 171 Å². The van der Waals surface area contributed by atoms with Gasteiger partial charge in [-0.2, -0.15) is 0 Å². The van der Waals surface area contributed by atoms with Gasteiger partial charge < -0.3 is 14.8 Å². The van der Waals surface area contributed by atoms with Gasteiger partial charge in [0.05, 0.1) is 7.11 Å². The molecule has 0 saturated carbocycles. The zero-order valence-electron chi connectivity index (χ0n) is 16.9. The van der Waals surface area contributed by atoms with E-state index >= 15 is 0 Å². The van der Waals surface area contributed by atoms with Crippen molar-refractivity contribution in [2.75, 3.05) is 20.3 Å². The second kappa shape index (κ2) is 11.6. The number of para-hydroxylation sites is 1. The fourth-order valence-electron chi connectivity index (χ4n) is 2.86. The lowest BCUT2D eigenvalue weighted by Crippen LogP contribution is -2.21. The smallest absolute Gasteiger partial charge is 0.306 e. The van der Waals surface area contributed by atoms with Crippen LogP contribution in [-0.4, -0.2) is 37.9 Å². The van der Waals surface area contributed by atoms with Gasteiger partial charge in [0, 0.05) is 25.5 Å². The van der Waals surface area contributed by atoms with Crippen LogP contribution in [-0.2, 0) is 27.2 Å². The Hall–Kier alpha value is -3.15. The van der Waals surface area contributed by atoms with E-state index in [1.807, 2.05) is 36.4 Å². The van der Waals surface area contributed by atoms with Crippen molar-refractivity contribution >= 4 is 17.7 Å². The highest BCUT2D eigenvalue weighted by atomic mass is 16.5. The van der Waals surface area contributed by atoms with Crippen LogP contribution in [0, 0.1) is 0 Å². The van der Waals surface area contributed by atoms with Crippen LogP contribution in [0.4, 0.5) is 0 Å². The Bertz CT molecular complexity index is 829. The molecule has 0 spiro atoms. The van der Waals surface area contributed by atoms with Crippen LogP contribution in [0.1, 0.15) is 41.3 Å². The van der Waals surface area contributed by atoms with Gasteiger partial charge >= 0.3 is 5.97 Å². The van der Waals surface area contributed by atoms with Gasteiger partial charge in [-0.15, -0.1) is 0 Å². The third kappa shape index (κ3) is 7.78. The summed E-state index contributed by atoms with van der Waals surface area (Å²) < 4.78 is 10.4. The first kappa shape index (κ1) is 22.1. The van der Waals surface area contributed by atoms with E-state index in [1.165, 1.54) is 6.92 Å². The summed E-state index contributed by atoms with van der Waals surface area (Å²) in [5.74, 6) is 0.0382. The average molecular weight is 397 g/mol. The molecule has 0 bridgehead atoms. The van der Waals surface area contributed by atoms with Crippen molar-refractivity contribution in [2.24, 2.45) is 0 Å². The van der Waals surface area contributed by atoms with Crippen molar-refractivity contribution in [3.63, 3.8) is 0 Å². The minimum absolute atomic E-state index is 0.0385. The molecule has 0 aliphatic carbocycles. The Kier molecular flexibility index (Phi) is 8.89. The van der Waals surface area contributed by atoms with E-state index in [2.05, 4.69) is 5.32 Å². The van der Waals surface area contributed by atoms with Crippen molar-refractivity contribution in [2.45, 2.75) is 32.6 Å². The SMILES string of the molecule is COc1ccccc1CCC(=O)OCC(=O)c1ccc(CCCNC(C)=O)cc1. The van der Waals surface area contributed by atoms with Crippen LogP contribution >= 0.6 is 0 Å². The first-order valence-corrected chi connectivity index (χ1v) is 9.63. The van der Waals surface area contributed by atoms with E-state index in [0.29, 0.717) is 18.5 Å². The zero-order chi connectivity index (χ0) is 21.1. The minimum Gasteiger partial charge on any atom is -0.496 e. The number of methoxy groups -OCH3 is 1. The maximum Gasteiger partial charge on any atom is 0.306 e. The summed E-state index contributed by atoms with van der Waals surface area (Å²) in [7, 11) is 1.59. The van der Waals surface area contributed by atoms with Crippen LogP contribution in [0.25, 0.3) is 0 Å². The number of Topliss-reactive ketones (excluding diaryl/α,β-unsaturated/α-hetero) is 1. The van der Waals surface area contributed by atoms with Crippen LogP contribution in [0.5, 0.6) is 5.75 Å². The summed E-state index contributed by atoms with van der Waals surface area (Å²) in [5.41, 5.74) is 2.52. The number of carbonyl (C=O) groups excluding carboxylic acids is 3. The molecule has 0 aliphatic heterocycles. The molecule has 154 valence electrons. The number of carbonyl (C=O) groups is 3. The van der Waals surface area contributed by atoms with E-state index in [9.17, 15) is 14.4 Å². The largest absolute Gasteiger partial charge is 0.496 e. The summed E-state index contributed by atoms with van der Waals surface area (Å²) in [6.45, 7) is 1.85. The van der Waals surface area contributed by atoms with Gasteiger partial charge in [0.2, 0.25) is 5.91 Å². The monoisotopic (exact) mass is 397 g/mol. The van der Waals surface area contributed by atoms with E-state index in [4.69, 9.17) is 9.47 Å². The molecule has 6 heteroatoms. The second-order valence-corrected chi connectivity index (χ2v) is 6.68. The van der Waals surface area contributed by atoms with Gasteiger partial charge in [-0.05, 0) is 36.5 Å². The fraction of sp³-hybridized carbons (Fsp3) is 0.348. The zero-order valence-corrected chi connectivity index (χ0v) is 16.9. The van der Waals surface area contributed by atoms with Gasteiger partial charge in [0.25, 0.3) is 0 Å². The molecule has 0 atom stereocenters. The van der Waals surface area contributed by atoms with Gasteiger partial charge in [-0.1, -0.05) is 42.5 Å². The number of aryl methyl sites for hydroxylation is 2. The number of hydrogen-bond acceptors (Lipinski definition) is 5. The number of amides is 1. The second-order valence-electron chi connectivity index (χ2n) is 6.68. The minimum atomic E-state index is -0.418. The van der Waals surface area contributed by atoms with Crippen molar-refractivity contribution in [3.05, 3.63) is 65.2 Å². The molecule has 6 nitrogen and oxygen atoms in total. The maximum atomic E-state index is 12.2. The Morgan fingerprint density at radius 1 is 0.966 bits per heavy atom. The molecule has 1 amide bonds.